The van der Waals surface area contributed by atoms with E-state index in [-0.39, 0.29) is 68.6 Å². The molecule has 0 aliphatic carbocycles. The van der Waals surface area contributed by atoms with Crippen LogP contribution in [0.5, 0.6) is 0 Å². The Morgan fingerprint density at radius 2 is 1.64 bits per heavy atom. The molecule has 0 radical (unpaired) electrons. The monoisotopic (exact) mass is 776 g/mol. The van der Waals surface area contributed by atoms with Crippen molar-refractivity contribution in [2.75, 3.05) is 37.1 Å². The predicted octanol–water partition coefficient (Wildman–Crippen LogP) is 2.92. The number of fused-ring (bicyclic) bond motifs is 1. The highest BCUT2D eigenvalue weighted by Gasteiger charge is 2.40. The van der Waals surface area contributed by atoms with E-state index in [1.54, 1.807) is 70.2 Å². The van der Waals surface area contributed by atoms with E-state index in [2.05, 4.69) is 33.2 Å². The summed E-state index contributed by atoms with van der Waals surface area (Å²) >= 11 is 0. The van der Waals surface area contributed by atoms with Crippen LogP contribution in [-0.2, 0) is 56.1 Å². The lowest BCUT2D eigenvalue weighted by molar-refractivity contribution is -0.137. The Hall–Kier alpha value is -5.61. The zero-order chi connectivity index (χ0) is 40.8. The van der Waals surface area contributed by atoms with Gasteiger partial charge in [-0.2, -0.15) is 0 Å². The van der Waals surface area contributed by atoms with Gasteiger partial charge in [0.15, 0.2) is 5.88 Å². The van der Waals surface area contributed by atoms with Gasteiger partial charge in [0.2, 0.25) is 29.5 Å². The molecule has 16 nitrogen and oxygen atoms in total. The molecule has 0 aromatic heterocycles. The number of rotatable bonds is 22. The molecular formula is C40H52N6O10. The lowest BCUT2D eigenvalue weighted by atomic mass is 10.0. The molecule has 4 rings (SSSR count). The van der Waals surface area contributed by atoms with Crippen LogP contribution in [0.2, 0.25) is 0 Å². The van der Waals surface area contributed by atoms with E-state index in [9.17, 15) is 33.6 Å². The minimum atomic E-state index is -0.910. The second-order valence-corrected chi connectivity index (χ2v) is 14.1. The van der Waals surface area contributed by atoms with Crippen molar-refractivity contribution in [2.24, 2.45) is 5.92 Å². The van der Waals surface area contributed by atoms with Crippen LogP contribution in [0.4, 0.5) is 11.4 Å². The first-order valence-electron chi connectivity index (χ1n) is 18.7. The number of hydrogen-bond acceptors (Lipinski definition) is 11. The van der Waals surface area contributed by atoms with Gasteiger partial charge >= 0.3 is 0 Å². The number of anilines is 2. The van der Waals surface area contributed by atoms with E-state index >= 15 is 0 Å². The lowest BCUT2D eigenvalue weighted by Crippen LogP contribution is -2.54. The van der Waals surface area contributed by atoms with Crippen molar-refractivity contribution in [3.8, 4) is 0 Å². The number of ether oxygens (including phenoxy) is 3. The molecule has 2 aliphatic rings. The summed E-state index contributed by atoms with van der Waals surface area (Å²) in [6, 6.07) is 9.58. The van der Waals surface area contributed by atoms with E-state index in [4.69, 9.17) is 14.2 Å². The fraction of sp³-hybridized carbons (Fsp3) is 0.475. The summed E-state index contributed by atoms with van der Waals surface area (Å²) in [6.07, 6.45) is 2.49. The van der Waals surface area contributed by atoms with Gasteiger partial charge in [-0.15, -0.1) is 0 Å². The summed E-state index contributed by atoms with van der Waals surface area (Å²) in [6.45, 7) is 11.7. The highest BCUT2D eigenvalue weighted by molar-refractivity contribution is 6.06. The molecule has 16 heteroatoms. The number of Topliss-reactive ketones (excluding diaryl/α,β-unsaturated/α-hetero) is 1. The zero-order valence-electron chi connectivity index (χ0n) is 32.4. The number of imide groups is 1. The molecule has 0 spiro atoms. The zero-order valence-corrected chi connectivity index (χ0v) is 32.4. The number of carbonyl (C=O) groups is 7. The van der Waals surface area contributed by atoms with Crippen molar-refractivity contribution in [2.45, 2.75) is 91.1 Å². The lowest BCUT2D eigenvalue weighted by Gasteiger charge is -2.29. The van der Waals surface area contributed by atoms with Crippen LogP contribution in [0.15, 0.2) is 54.9 Å². The van der Waals surface area contributed by atoms with E-state index in [0.29, 0.717) is 42.1 Å². The summed E-state index contributed by atoms with van der Waals surface area (Å²) < 4.78 is 16.6. The Bertz CT molecular complexity index is 1780. The summed E-state index contributed by atoms with van der Waals surface area (Å²) in [4.78, 5) is 88.0. The van der Waals surface area contributed by atoms with Crippen molar-refractivity contribution < 1.29 is 47.8 Å². The first kappa shape index (κ1) is 43.1. The summed E-state index contributed by atoms with van der Waals surface area (Å²) in [5.74, 6) is -2.44. The van der Waals surface area contributed by atoms with Gasteiger partial charge in [-0.3, -0.25) is 34.1 Å². The first-order valence-corrected chi connectivity index (χ1v) is 18.7. The third-order valence-electron chi connectivity index (χ3n) is 9.18. The molecule has 0 saturated carbocycles. The molecule has 302 valence electrons. The molecule has 5 N–H and O–H groups in total. The Labute approximate surface area is 326 Å². The maximum atomic E-state index is 13.1. The van der Waals surface area contributed by atoms with Crippen LogP contribution in [-0.4, -0.2) is 90.7 Å². The quantitative estimate of drug-likeness (QED) is 0.0667. The number of amides is 6. The van der Waals surface area contributed by atoms with Crippen LogP contribution < -0.4 is 26.6 Å². The Morgan fingerprint density at radius 3 is 2.34 bits per heavy atom. The van der Waals surface area contributed by atoms with Crippen molar-refractivity contribution in [1.82, 2.24) is 20.9 Å². The smallest absolute Gasteiger partial charge is 0.255 e. The number of hydrogen-bond donors (Lipinski definition) is 5. The summed E-state index contributed by atoms with van der Waals surface area (Å²) in [7, 11) is 0. The minimum absolute atomic E-state index is 0.146. The van der Waals surface area contributed by atoms with Crippen LogP contribution >= 0.6 is 0 Å². The van der Waals surface area contributed by atoms with Gasteiger partial charge in [-0.1, -0.05) is 32.0 Å². The highest BCUT2D eigenvalue weighted by Crippen LogP contribution is 2.33. The number of nitrogens with zero attached hydrogens (tertiary/aromatic N) is 1. The molecule has 1 unspecified atom stereocenters. The second kappa shape index (κ2) is 20.9. The van der Waals surface area contributed by atoms with Gasteiger partial charge in [0.25, 0.3) is 5.91 Å². The number of unbranched alkanes of at least 4 members (excludes halogenated alkanes) is 1. The predicted molar refractivity (Wildman–Crippen MR) is 206 cm³/mol. The molecule has 2 aliphatic heterocycles. The Balaban J connectivity index is 1.17. The molecule has 0 bridgehead atoms. The van der Waals surface area contributed by atoms with Crippen LogP contribution in [0.1, 0.15) is 81.3 Å². The van der Waals surface area contributed by atoms with Gasteiger partial charge < -0.3 is 45.2 Å². The molecule has 2 aromatic carbocycles. The van der Waals surface area contributed by atoms with Crippen molar-refractivity contribution in [3.05, 3.63) is 71.6 Å². The molecular weight excluding hydrogens is 724 g/mol. The number of ketones is 1. The summed E-state index contributed by atoms with van der Waals surface area (Å²) in [5, 5.41) is 13.5. The minimum Gasteiger partial charge on any atom is -0.475 e. The number of piperidine rings is 1. The molecule has 2 heterocycles. The normalized spacial score (nSPS) is 16.1. The molecule has 56 heavy (non-hydrogen) atoms. The van der Waals surface area contributed by atoms with Crippen LogP contribution in [0.25, 0.3) is 0 Å². The van der Waals surface area contributed by atoms with Gasteiger partial charge in [0, 0.05) is 48.5 Å². The molecule has 2 aromatic rings. The van der Waals surface area contributed by atoms with Gasteiger partial charge in [0.1, 0.15) is 37.1 Å². The van der Waals surface area contributed by atoms with Crippen molar-refractivity contribution in [1.29, 1.82) is 0 Å². The van der Waals surface area contributed by atoms with Gasteiger partial charge in [-0.25, -0.2) is 0 Å². The van der Waals surface area contributed by atoms with Crippen LogP contribution in [0.3, 0.4) is 0 Å². The molecule has 1 fully saturated rings. The van der Waals surface area contributed by atoms with Crippen LogP contribution in [0, 0.1) is 5.92 Å². The number of benzene rings is 2. The van der Waals surface area contributed by atoms with E-state index in [0.717, 1.165) is 18.4 Å². The average Bonchev–Trinajstić information content (AvgIpc) is 3.48. The second-order valence-electron chi connectivity index (χ2n) is 14.1. The Morgan fingerprint density at radius 1 is 0.911 bits per heavy atom. The largest absolute Gasteiger partial charge is 0.475 e. The fourth-order valence-corrected chi connectivity index (χ4v) is 6.08. The first-order chi connectivity index (χ1) is 26.7. The third-order valence-corrected chi connectivity index (χ3v) is 9.18. The van der Waals surface area contributed by atoms with Crippen molar-refractivity contribution >= 4 is 52.6 Å². The molecule has 3 atom stereocenters. The molecule has 6 amide bonds. The maximum Gasteiger partial charge on any atom is 0.255 e. The average molecular weight is 777 g/mol. The topological polar surface area (TPSA) is 211 Å². The third kappa shape index (κ3) is 12.7. The van der Waals surface area contributed by atoms with Gasteiger partial charge in [-0.05, 0) is 75.4 Å². The standard InChI is InChI=1S/C40H52N6O10/c1-24(2)36(44-35(49)23-55-20-19-54-18-7-6-9-25(3)47)39(52)41-26(4)37(50)43-29-14-12-28(13-15-29)22-56-27(5)42-32-11-8-10-30-31(32)21-46(40(30)53)33-16-17-34(48)45-38(33)51/h8,10-15,24,26,33,36,42H,5-7,9,16-23H2,1-4H3,(H,41,52)(H,43,50)(H,44,49)(H,45,48,51)/t26-,33?,36-/m0/s1. The van der Waals surface area contributed by atoms with E-state index in [1.807, 2.05) is 0 Å². The van der Waals surface area contributed by atoms with Gasteiger partial charge in [0.05, 0.1) is 13.2 Å². The van der Waals surface area contributed by atoms with E-state index < -0.39 is 41.8 Å². The van der Waals surface area contributed by atoms with Crippen molar-refractivity contribution in [3.63, 3.8) is 0 Å². The summed E-state index contributed by atoms with van der Waals surface area (Å²) in [5.41, 5.74) is 3.03. The molecule has 1 saturated heterocycles. The highest BCUT2D eigenvalue weighted by atomic mass is 16.5. The number of nitrogens with one attached hydrogen (secondary N) is 5. The number of carbonyl (C=O) groups excluding carboxylic acids is 7. The fourth-order valence-electron chi connectivity index (χ4n) is 6.08. The SMILES string of the molecule is C=C(Nc1cccc2c1CN(C1CCC(=O)NC1=O)C2=O)OCc1ccc(NC(=O)[C@H](C)NC(=O)[C@@H](NC(=O)COCCOCCCCC(C)=O)C(C)C)cc1. The Kier molecular flexibility index (Phi) is 16.1. The van der Waals surface area contributed by atoms with E-state index in [1.165, 1.54) is 4.90 Å². The maximum absolute atomic E-state index is 13.1.